The fourth-order valence-electron chi connectivity index (χ4n) is 3.29. The normalized spacial score (nSPS) is 12.1. The molecule has 5 rings (SSSR count). The van der Waals surface area contributed by atoms with E-state index in [1.807, 2.05) is 42.9 Å². The van der Waals surface area contributed by atoms with Crippen molar-refractivity contribution in [1.82, 2.24) is 19.6 Å². The Balaban J connectivity index is 0.000000212. The first kappa shape index (κ1) is 24.3. The Hall–Kier alpha value is -3.38. The summed E-state index contributed by atoms with van der Waals surface area (Å²) in [6.07, 6.45) is 10.5. The minimum atomic E-state index is 0.644. The number of nitrogens with one attached hydrogen (secondary N) is 1. The Morgan fingerprint density at radius 2 is 1.70 bits per heavy atom. The predicted octanol–water partition coefficient (Wildman–Crippen LogP) is 5.99. The lowest BCUT2D eigenvalue weighted by Gasteiger charge is -2.05. The minimum absolute atomic E-state index is 0.644. The minimum Gasteiger partial charge on any atom is -0.326 e. The molecule has 1 N–H and O–H groups in total. The number of nitrogens with zero attached hydrogens (tertiary/aromatic N) is 4. The standard InChI is InChI=1S/C15H15N5O.C9H9Cl.C2H6/c21-12-16-15-8-18-20(11-15)10-14-4-2-13(3-5-14)9-19-7-1-6-17-19;10-9-3-1-2-8(6-9)7-4-5-7;1-2/h1-8,11-12H,9-10H2,(H,16,21);1-3,6-7H,4-5H2;1-2H3. The van der Waals surface area contributed by atoms with Crippen molar-refractivity contribution in [3.05, 3.63) is 101 Å². The highest BCUT2D eigenvalue weighted by atomic mass is 35.5. The Labute approximate surface area is 200 Å². The summed E-state index contributed by atoms with van der Waals surface area (Å²) in [6.45, 7) is 5.44. The molecule has 0 unspecified atom stereocenters. The number of aromatic nitrogens is 4. The van der Waals surface area contributed by atoms with E-state index in [2.05, 4.69) is 51.9 Å². The van der Waals surface area contributed by atoms with Crippen LogP contribution < -0.4 is 5.32 Å². The lowest BCUT2D eigenvalue weighted by molar-refractivity contribution is -0.105. The van der Waals surface area contributed by atoms with E-state index in [0.29, 0.717) is 18.6 Å². The highest BCUT2D eigenvalue weighted by molar-refractivity contribution is 6.30. The molecule has 1 fully saturated rings. The van der Waals surface area contributed by atoms with Crippen molar-refractivity contribution in [3.63, 3.8) is 0 Å². The van der Waals surface area contributed by atoms with Crippen molar-refractivity contribution in [3.8, 4) is 0 Å². The van der Waals surface area contributed by atoms with E-state index in [1.54, 1.807) is 23.3 Å². The maximum Gasteiger partial charge on any atom is 0.211 e. The fourth-order valence-corrected chi connectivity index (χ4v) is 3.49. The molecule has 7 heteroatoms. The first-order chi connectivity index (χ1) is 16.2. The van der Waals surface area contributed by atoms with E-state index in [-0.39, 0.29) is 0 Å². The van der Waals surface area contributed by atoms with Crippen LogP contribution in [0.2, 0.25) is 5.02 Å². The molecule has 1 amide bonds. The lowest BCUT2D eigenvalue weighted by atomic mass is 10.1. The summed E-state index contributed by atoms with van der Waals surface area (Å²) in [5.74, 6) is 0.818. The fraction of sp³-hybridized carbons (Fsp3) is 0.269. The summed E-state index contributed by atoms with van der Waals surface area (Å²) < 4.78 is 3.67. The SMILES string of the molecule is CC.Clc1cccc(C2CC2)c1.O=CNc1cnn(Cc2ccc(Cn3cccn3)cc2)c1. The largest absolute Gasteiger partial charge is 0.326 e. The van der Waals surface area contributed by atoms with Gasteiger partial charge in [-0.15, -0.1) is 0 Å². The van der Waals surface area contributed by atoms with Gasteiger partial charge in [-0.2, -0.15) is 10.2 Å². The summed E-state index contributed by atoms with van der Waals surface area (Å²) in [4.78, 5) is 10.4. The van der Waals surface area contributed by atoms with Gasteiger partial charge in [-0.25, -0.2) is 0 Å². The number of carbonyl (C=O) groups is 1. The number of rotatable bonds is 7. The van der Waals surface area contributed by atoms with Gasteiger partial charge < -0.3 is 5.32 Å². The molecule has 2 aromatic heterocycles. The maximum absolute atomic E-state index is 10.4. The summed E-state index contributed by atoms with van der Waals surface area (Å²) >= 11 is 5.82. The third-order valence-corrected chi connectivity index (χ3v) is 5.26. The molecular formula is C26H30ClN5O. The van der Waals surface area contributed by atoms with Crippen molar-refractivity contribution in [1.29, 1.82) is 0 Å². The van der Waals surface area contributed by atoms with Crippen molar-refractivity contribution < 1.29 is 4.79 Å². The topological polar surface area (TPSA) is 64.7 Å². The molecule has 1 aliphatic rings. The highest BCUT2D eigenvalue weighted by Crippen LogP contribution is 2.40. The second-order valence-corrected chi connectivity index (χ2v) is 7.97. The zero-order valence-corrected chi connectivity index (χ0v) is 19.8. The van der Waals surface area contributed by atoms with Gasteiger partial charge in [-0.3, -0.25) is 14.2 Å². The van der Waals surface area contributed by atoms with Crippen molar-refractivity contribution in [2.24, 2.45) is 0 Å². The number of hydrogen-bond acceptors (Lipinski definition) is 3. The Bertz CT molecular complexity index is 1100. The van der Waals surface area contributed by atoms with Gasteiger partial charge in [0.1, 0.15) is 0 Å². The van der Waals surface area contributed by atoms with Crippen LogP contribution in [0.1, 0.15) is 49.3 Å². The molecule has 4 aromatic rings. The number of benzene rings is 2. The van der Waals surface area contributed by atoms with Gasteiger partial charge in [0, 0.05) is 23.6 Å². The van der Waals surface area contributed by atoms with Crippen LogP contribution in [0.5, 0.6) is 0 Å². The summed E-state index contributed by atoms with van der Waals surface area (Å²) in [5.41, 5.74) is 4.46. The molecule has 1 aliphatic carbocycles. The van der Waals surface area contributed by atoms with E-state index in [4.69, 9.17) is 11.6 Å². The van der Waals surface area contributed by atoms with Crippen molar-refractivity contribution >= 4 is 23.7 Å². The zero-order valence-electron chi connectivity index (χ0n) is 19.1. The van der Waals surface area contributed by atoms with Crippen LogP contribution in [-0.2, 0) is 17.9 Å². The van der Waals surface area contributed by atoms with Gasteiger partial charge in [0.25, 0.3) is 0 Å². The smallest absolute Gasteiger partial charge is 0.211 e. The van der Waals surface area contributed by atoms with E-state index >= 15 is 0 Å². The number of hydrogen-bond donors (Lipinski definition) is 1. The summed E-state index contributed by atoms with van der Waals surface area (Å²) in [7, 11) is 0. The van der Waals surface area contributed by atoms with Crippen LogP contribution in [0.4, 0.5) is 5.69 Å². The van der Waals surface area contributed by atoms with Gasteiger partial charge >= 0.3 is 0 Å². The van der Waals surface area contributed by atoms with Crippen LogP contribution in [-0.4, -0.2) is 26.0 Å². The molecule has 0 radical (unpaired) electrons. The first-order valence-corrected chi connectivity index (χ1v) is 11.6. The first-order valence-electron chi connectivity index (χ1n) is 11.2. The molecule has 33 heavy (non-hydrogen) atoms. The molecule has 172 valence electrons. The molecule has 0 atom stereocenters. The van der Waals surface area contributed by atoms with Gasteiger partial charge in [0.2, 0.25) is 6.41 Å². The number of anilines is 1. The number of halogens is 1. The summed E-state index contributed by atoms with van der Waals surface area (Å²) in [5, 5.41) is 11.8. The van der Waals surface area contributed by atoms with E-state index in [9.17, 15) is 4.79 Å². The molecule has 1 saturated carbocycles. The Morgan fingerprint density at radius 3 is 2.27 bits per heavy atom. The molecule has 0 saturated heterocycles. The number of amides is 1. The quantitative estimate of drug-likeness (QED) is 0.342. The van der Waals surface area contributed by atoms with Crippen molar-refractivity contribution in [2.45, 2.75) is 45.7 Å². The molecule has 0 aliphatic heterocycles. The monoisotopic (exact) mass is 463 g/mol. The third kappa shape index (κ3) is 7.91. The van der Waals surface area contributed by atoms with Crippen LogP contribution in [0, 0.1) is 0 Å². The average molecular weight is 464 g/mol. The maximum atomic E-state index is 10.4. The van der Waals surface area contributed by atoms with E-state index in [0.717, 1.165) is 23.0 Å². The Morgan fingerprint density at radius 1 is 1.00 bits per heavy atom. The van der Waals surface area contributed by atoms with E-state index < -0.39 is 0 Å². The lowest BCUT2D eigenvalue weighted by Crippen LogP contribution is -2.02. The second-order valence-electron chi connectivity index (χ2n) is 7.54. The van der Waals surface area contributed by atoms with Gasteiger partial charge in [0.05, 0.1) is 25.0 Å². The number of carbonyl (C=O) groups excluding carboxylic acids is 1. The van der Waals surface area contributed by atoms with Crippen molar-refractivity contribution in [2.75, 3.05) is 5.32 Å². The Kier molecular flexibility index (Phi) is 9.27. The molecule has 2 heterocycles. The molecule has 6 nitrogen and oxygen atoms in total. The predicted molar refractivity (Wildman–Crippen MR) is 134 cm³/mol. The van der Waals surface area contributed by atoms with Gasteiger partial charge in [0.15, 0.2) is 0 Å². The molecule has 0 bridgehead atoms. The van der Waals surface area contributed by atoms with Gasteiger partial charge in [-0.1, -0.05) is 61.8 Å². The van der Waals surface area contributed by atoms with E-state index in [1.165, 1.54) is 24.0 Å². The second kappa shape index (κ2) is 12.6. The molecule has 0 spiro atoms. The molecule has 2 aromatic carbocycles. The zero-order chi connectivity index (χ0) is 23.5. The summed E-state index contributed by atoms with van der Waals surface area (Å²) in [6, 6.07) is 18.4. The highest BCUT2D eigenvalue weighted by Gasteiger charge is 2.22. The molecular weight excluding hydrogens is 434 g/mol. The van der Waals surface area contributed by atoms with Gasteiger partial charge in [-0.05, 0) is 53.6 Å². The average Bonchev–Trinajstić information content (AvgIpc) is 3.40. The third-order valence-electron chi connectivity index (χ3n) is 5.03. The van der Waals surface area contributed by atoms with Crippen LogP contribution >= 0.6 is 11.6 Å². The van der Waals surface area contributed by atoms with Crippen LogP contribution in [0.15, 0.2) is 79.4 Å². The van der Waals surface area contributed by atoms with Crippen LogP contribution in [0.3, 0.4) is 0 Å². The van der Waals surface area contributed by atoms with Crippen LogP contribution in [0.25, 0.3) is 0 Å².